The van der Waals surface area contributed by atoms with Crippen LogP contribution in [0.15, 0.2) is 97.1 Å². The van der Waals surface area contributed by atoms with Gasteiger partial charge in [0.1, 0.15) is 35.6 Å². The van der Waals surface area contributed by atoms with E-state index in [0.29, 0.717) is 47.6 Å². The van der Waals surface area contributed by atoms with Gasteiger partial charge in [-0.05, 0) is 83.9 Å². The molecule has 54 heavy (non-hydrogen) atoms. The van der Waals surface area contributed by atoms with Gasteiger partial charge in [-0.2, -0.15) is 0 Å². The molecule has 0 unspecified atom stereocenters. The van der Waals surface area contributed by atoms with Gasteiger partial charge in [-0.25, -0.2) is 0 Å². The number of alkyl halides is 1. The van der Waals surface area contributed by atoms with E-state index in [-0.39, 0.29) is 49.5 Å². The molecule has 0 bridgehead atoms. The van der Waals surface area contributed by atoms with Crippen molar-refractivity contribution >= 4 is 53.1 Å². The van der Waals surface area contributed by atoms with Gasteiger partial charge in [0, 0.05) is 34.8 Å². The highest BCUT2D eigenvalue weighted by Crippen LogP contribution is 2.16. The minimum absolute atomic E-state index is 0.0225. The highest BCUT2D eigenvalue weighted by molar-refractivity contribution is 14.1. The summed E-state index contributed by atoms with van der Waals surface area (Å²) in [5.41, 5.74) is 3.10. The summed E-state index contributed by atoms with van der Waals surface area (Å²) >= 11 is 2.28. The van der Waals surface area contributed by atoms with E-state index in [1.165, 1.54) is 17.7 Å². The molecule has 278 valence electrons. The van der Waals surface area contributed by atoms with Crippen LogP contribution >= 0.6 is 22.6 Å². The maximum absolute atomic E-state index is 11.2. The fourth-order valence-electron chi connectivity index (χ4n) is 3.55. The van der Waals surface area contributed by atoms with E-state index in [9.17, 15) is 24.0 Å². The first-order valence-corrected chi connectivity index (χ1v) is 17.7. The van der Waals surface area contributed by atoms with Gasteiger partial charge in [0.25, 0.3) is 0 Å². The predicted molar refractivity (Wildman–Crippen MR) is 213 cm³/mol. The van der Waals surface area contributed by atoms with Gasteiger partial charge in [0.05, 0.1) is 25.9 Å². The van der Waals surface area contributed by atoms with Crippen LogP contribution in [0.5, 0.6) is 23.0 Å². The molecule has 4 aromatic carbocycles. The molecule has 0 fully saturated rings. The lowest BCUT2D eigenvalue weighted by Gasteiger charge is -2.03. The predicted octanol–water partition coefficient (Wildman–Crippen LogP) is 7.46. The number of terminal acetylenes is 3. The van der Waals surface area contributed by atoms with Crippen molar-refractivity contribution in [3.63, 3.8) is 0 Å². The van der Waals surface area contributed by atoms with Gasteiger partial charge in [-0.3, -0.25) is 24.0 Å². The molecular formula is C43H39IO10. The largest absolute Gasteiger partial charge is 0.508 e. The van der Waals surface area contributed by atoms with Gasteiger partial charge in [-0.15, -0.1) is 37.0 Å². The van der Waals surface area contributed by atoms with E-state index in [0.717, 1.165) is 22.6 Å². The van der Waals surface area contributed by atoms with Crippen LogP contribution in [0.3, 0.4) is 0 Å². The molecule has 0 saturated carbocycles. The van der Waals surface area contributed by atoms with Crippen molar-refractivity contribution in [1.82, 2.24) is 0 Å². The van der Waals surface area contributed by atoms with Crippen molar-refractivity contribution < 1.29 is 48.4 Å². The minimum Gasteiger partial charge on any atom is -0.508 e. The number of phenolic OH excluding ortho intramolecular Hbond substituents is 1. The number of rotatable bonds is 13. The zero-order chi connectivity index (χ0) is 40.0. The lowest BCUT2D eigenvalue weighted by molar-refractivity contribution is -0.135. The molecule has 0 saturated heterocycles. The van der Waals surface area contributed by atoms with E-state index >= 15 is 0 Å². The second-order valence-electron chi connectivity index (χ2n) is 10.5. The van der Waals surface area contributed by atoms with E-state index in [1.54, 1.807) is 72.8 Å². The summed E-state index contributed by atoms with van der Waals surface area (Å²) in [7, 11) is 0. The van der Waals surface area contributed by atoms with Gasteiger partial charge in [0.15, 0.2) is 0 Å². The number of carbonyl (C=O) groups excluding carboxylic acids is 5. The van der Waals surface area contributed by atoms with Crippen LogP contribution in [-0.2, 0) is 25.4 Å². The number of benzene rings is 4. The number of hydrogen-bond acceptors (Lipinski definition) is 10. The number of carbonyl (C=O) groups is 5. The van der Waals surface area contributed by atoms with E-state index < -0.39 is 0 Å². The summed E-state index contributed by atoms with van der Waals surface area (Å²) in [6.07, 6.45) is 18.4. The van der Waals surface area contributed by atoms with Gasteiger partial charge in [-0.1, -0.05) is 46.9 Å². The zero-order valence-corrected chi connectivity index (χ0v) is 31.5. The smallest absolute Gasteiger partial charge is 0.312 e. The molecule has 10 nitrogen and oxygen atoms in total. The minimum atomic E-state index is -0.369. The summed E-state index contributed by atoms with van der Waals surface area (Å²) in [5, 5.41) is 17.5. The lowest BCUT2D eigenvalue weighted by Crippen LogP contribution is -2.06. The summed E-state index contributed by atoms with van der Waals surface area (Å²) in [6, 6.07) is 26.5. The molecular weight excluding hydrogens is 803 g/mol. The molecule has 0 aliphatic carbocycles. The first kappa shape index (κ1) is 45.8. The Morgan fingerprint density at radius 2 is 0.870 bits per heavy atom. The van der Waals surface area contributed by atoms with Crippen LogP contribution in [0, 0.1) is 37.0 Å². The molecule has 0 aromatic heterocycles. The van der Waals surface area contributed by atoms with Crippen LogP contribution in [0.25, 0.3) is 0 Å². The maximum atomic E-state index is 11.2. The second kappa shape index (κ2) is 28.4. The summed E-state index contributed by atoms with van der Waals surface area (Å²) in [6.45, 7) is -0.0225. The number of esters is 3. The number of halogens is 1. The number of hydrogen-bond donors (Lipinski definition) is 2. The third-order valence-corrected chi connectivity index (χ3v) is 7.23. The maximum Gasteiger partial charge on any atom is 0.312 e. The summed E-state index contributed by atoms with van der Waals surface area (Å²) < 4.78 is 16.0. The standard InChI is InChI=1S/C12H11IO2.C12H12O3.C12H10O3.C7H6O2/c3*1-2-3-4-12(14)15-11-7-5-10(9-13)6-8-11;8-5-6-1-3-7(9)4-2-6/h1,5-8H,3-4,9H2;1,5-8,13H,3-4,9H2;1,5-9H,3-4H2;1-5,9H. The normalized spacial score (nSPS) is 9.17. The topological polar surface area (TPSA) is 154 Å². The zero-order valence-electron chi connectivity index (χ0n) is 29.3. The number of aliphatic hydroxyl groups is 1. The second-order valence-corrected chi connectivity index (χ2v) is 11.3. The van der Waals surface area contributed by atoms with Crippen molar-refractivity contribution in [3.8, 4) is 60.0 Å². The molecule has 0 atom stereocenters. The Kier molecular flexibility index (Phi) is 24.1. The molecule has 2 N–H and O–H groups in total. The van der Waals surface area contributed by atoms with Crippen molar-refractivity contribution in [2.75, 3.05) is 0 Å². The van der Waals surface area contributed by atoms with Gasteiger partial charge in [0.2, 0.25) is 0 Å². The molecule has 0 radical (unpaired) electrons. The molecule has 4 aromatic rings. The fourth-order valence-corrected chi connectivity index (χ4v) is 4.06. The van der Waals surface area contributed by atoms with E-state index in [4.69, 9.17) is 43.7 Å². The fraction of sp³-hybridized carbons (Fsp3) is 0.186. The molecule has 0 spiro atoms. The lowest BCUT2D eigenvalue weighted by atomic mass is 10.2. The van der Waals surface area contributed by atoms with Crippen LogP contribution in [0.2, 0.25) is 0 Å². The van der Waals surface area contributed by atoms with Crippen molar-refractivity contribution in [2.24, 2.45) is 0 Å². The highest BCUT2D eigenvalue weighted by atomic mass is 127. The first-order valence-electron chi connectivity index (χ1n) is 16.2. The SMILES string of the molecule is C#CCCC(=O)Oc1ccc(C=O)cc1.C#CCCC(=O)Oc1ccc(CI)cc1.C#CCCC(=O)Oc1ccc(CO)cc1.O=Cc1ccc(O)cc1. The van der Waals surface area contributed by atoms with Crippen LogP contribution in [0.4, 0.5) is 0 Å². The Labute approximate surface area is 329 Å². The first-order chi connectivity index (χ1) is 26.1. The average Bonchev–Trinajstić information content (AvgIpc) is 3.20. The van der Waals surface area contributed by atoms with Crippen LogP contribution < -0.4 is 14.2 Å². The van der Waals surface area contributed by atoms with Gasteiger partial charge >= 0.3 is 17.9 Å². The number of phenols is 1. The average molecular weight is 843 g/mol. The Morgan fingerprint density at radius 3 is 1.17 bits per heavy atom. The van der Waals surface area contributed by atoms with Crippen molar-refractivity contribution in [3.05, 3.63) is 119 Å². The molecule has 0 aliphatic heterocycles. The molecule has 11 heteroatoms. The molecule has 0 aliphatic rings. The Hall–Kier alpha value is -6.20. The number of ether oxygens (including phenoxy) is 3. The van der Waals surface area contributed by atoms with E-state index in [2.05, 4.69) is 40.4 Å². The highest BCUT2D eigenvalue weighted by Gasteiger charge is 2.05. The Balaban J connectivity index is 0.000000366. The number of aliphatic hydroxyl groups excluding tert-OH is 1. The summed E-state index contributed by atoms with van der Waals surface area (Å²) in [5.74, 6) is 7.77. The molecule has 4 rings (SSSR count). The monoisotopic (exact) mass is 842 g/mol. The van der Waals surface area contributed by atoms with E-state index in [1.807, 2.05) is 12.1 Å². The van der Waals surface area contributed by atoms with Crippen LogP contribution in [-0.4, -0.2) is 40.7 Å². The van der Waals surface area contributed by atoms with Crippen molar-refractivity contribution in [1.29, 1.82) is 0 Å². The number of aromatic hydroxyl groups is 1. The quantitative estimate of drug-likeness (QED) is 0.0347. The summed E-state index contributed by atoms with van der Waals surface area (Å²) in [4.78, 5) is 53.9. The Morgan fingerprint density at radius 1 is 0.556 bits per heavy atom. The molecule has 0 amide bonds. The third kappa shape index (κ3) is 21.2. The molecule has 0 heterocycles. The van der Waals surface area contributed by atoms with Gasteiger partial charge < -0.3 is 24.4 Å². The Bertz CT molecular complexity index is 1790. The van der Waals surface area contributed by atoms with Crippen LogP contribution in [0.1, 0.15) is 70.4 Å². The van der Waals surface area contributed by atoms with Crippen molar-refractivity contribution in [2.45, 2.75) is 49.6 Å². The third-order valence-electron chi connectivity index (χ3n) is 6.34. The number of aldehydes is 2.